The molecule has 0 aromatic carbocycles. The van der Waals surface area contributed by atoms with Gasteiger partial charge in [-0.15, -0.1) is 0 Å². The molecule has 1 unspecified atom stereocenters. The Morgan fingerprint density at radius 2 is 1.65 bits per heavy atom. The molecule has 1 atom stereocenters. The SMILES string of the molecule is CCCCCCC(CCC)NC1CCCCC1. The molecule has 17 heavy (non-hydrogen) atoms. The van der Waals surface area contributed by atoms with E-state index in [1.54, 1.807) is 0 Å². The van der Waals surface area contributed by atoms with Gasteiger partial charge in [0.25, 0.3) is 0 Å². The molecule has 1 fully saturated rings. The van der Waals surface area contributed by atoms with E-state index in [0.717, 1.165) is 12.1 Å². The van der Waals surface area contributed by atoms with Crippen LogP contribution >= 0.6 is 0 Å². The van der Waals surface area contributed by atoms with Crippen molar-refractivity contribution in [2.24, 2.45) is 0 Å². The third-order valence-corrected chi connectivity index (χ3v) is 4.12. The molecule has 1 N–H and O–H groups in total. The maximum absolute atomic E-state index is 3.93. The number of rotatable bonds is 9. The number of hydrogen-bond acceptors (Lipinski definition) is 1. The molecule has 1 aliphatic carbocycles. The summed E-state index contributed by atoms with van der Waals surface area (Å²) in [6.45, 7) is 4.62. The molecule has 1 rings (SSSR count). The first kappa shape index (κ1) is 15.0. The monoisotopic (exact) mass is 239 g/mol. The molecule has 0 spiro atoms. The van der Waals surface area contributed by atoms with Crippen LogP contribution in [-0.2, 0) is 0 Å². The molecule has 0 aromatic heterocycles. The van der Waals surface area contributed by atoms with Crippen molar-refractivity contribution in [1.82, 2.24) is 5.32 Å². The van der Waals surface area contributed by atoms with Crippen molar-refractivity contribution in [3.63, 3.8) is 0 Å². The van der Waals surface area contributed by atoms with Gasteiger partial charge >= 0.3 is 0 Å². The van der Waals surface area contributed by atoms with E-state index < -0.39 is 0 Å². The maximum atomic E-state index is 3.93. The van der Waals surface area contributed by atoms with E-state index in [2.05, 4.69) is 19.2 Å². The van der Waals surface area contributed by atoms with Crippen molar-refractivity contribution in [3.05, 3.63) is 0 Å². The fourth-order valence-corrected chi connectivity index (χ4v) is 3.08. The molecule has 0 bridgehead atoms. The minimum absolute atomic E-state index is 0.806. The van der Waals surface area contributed by atoms with Crippen molar-refractivity contribution in [1.29, 1.82) is 0 Å². The molecule has 0 radical (unpaired) electrons. The third-order valence-electron chi connectivity index (χ3n) is 4.12. The van der Waals surface area contributed by atoms with Gasteiger partial charge in [0.2, 0.25) is 0 Å². The summed E-state index contributed by atoms with van der Waals surface area (Å²) in [5.41, 5.74) is 0. The van der Waals surface area contributed by atoms with E-state index in [1.165, 1.54) is 77.0 Å². The minimum Gasteiger partial charge on any atom is -0.311 e. The highest BCUT2D eigenvalue weighted by Gasteiger charge is 2.16. The summed E-state index contributed by atoms with van der Waals surface area (Å²) in [4.78, 5) is 0. The number of hydrogen-bond donors (Lipinski definition) is 1. The Kier molecular flexibility index (Phi) is 8.78. The molecule has 1 heteroatoms. The van der Waals surface area contributed by atoms with Crippen molar-refractivity contribution >= 4 is 0 Å². The topological polar surface area (TPSA) is 12.0 Å². The van der Waals surface area contributed by atoms with Crippen LogP contribution < -0.4 is 5.32 Å². The second-order valence-electron chi connectivity index (χ2n) is 5.84. The van der Waals surface area contributed by atoms with E-state index in [1.807, 2.05) is 0 Å². The highest BCUT2D eigenvalue weighted by Crippen LogP contribution is 2.19. The standard InChI is InChI=1S/C16H33N/c1-3-5-6-8-12-15(11-4-2)17-16-13-9-7-10-14-16/h15-17H,3-14H2,1-2H3. The van der Waals surface area contributed by atoms with Crippen LogP contribution in [-0.4, -0.2) is 12.1 Å². The van der Waals surface area contributed by atoms with Gasteiger partial charge in [-0.3, -0.25) is 0 Å². The summed E-state index contributed by atoms with van der Waals surface area (Å²) >= 11 is 0. The molecule has 0 amide bonds. The lowest BCUT2D eigenvalue weighted by Crippen LogP contribution is -2.39. The Labute approximate surface area is 109 Å². The van der Waals surface area contributed by atoms with Crippen LogP contribution in [0, 0.1) is 0 Å². The zero-order valence-electron chi connectivity index (χ0n) is 12.1. The lowest BCUT2D eigenvalue weighted by atomic mass is 9.93. The van der Waals surface area contributed by atoms with E-state index in [9.17, 15) is 0 Å². The lowest BCUT2D eigenvalue weighted by molar-refractivity contribution is 0.312. The van der Waals surface area contributed by atoms with Crippen LogP contribution in [0.3, 0.4) is 0 Å². The Morgan fingerprint density at radius 1 is 0.882 bits per heavy atom. The molecular weight excluding hydrogens is 206 g/mol. The largest absolute Gasteiger partial charge is 0.311 e. The first-order valence-corrected chi connectivity index (χ1v) is 8.12. The van der Waals surface area contributed by atoms with E-state index in [-0.39, 0.29) is 0 Å². The Balaban J connectivity index is 2.16. The van der Waals surface area contributed by atoms with Crippen LogP contribution in [0.25, 0.3) is 0 Å². The first-order chi connectivity index (χ1) is 8.36. The molecule has 1 saturated carbocycles. The summed E-state index contributed by atoms with van der Waals surface area (Å²) in [7, 11) is 0. The maximum Gasteiger partial charge on any atom is 0.00696 e. The zero-order chi connectivity index (χ0) is 12.3. The normalized spacial score (nSPS) is 19.4. The van der Waals surface area contributed by atoms with Gasteiger partial charge in [0, 0.05) is 12.1 Å². The van der Waals surface area contributed by atoms with Gasteiger partial charge in [-0.1, -0.05) is 65.2 Å². The molecule has 0 aromatic rings. The van der Waals surface area contributed by atoms with Gasteiger partial charge in [0.15, 0.2) is 0 Å². The van der Waals surface area contributed by atoms with Crippen LogP contribution in [0.5, 0.6) is 0 Å². The summed E-state index contributed by atoms with van der Waals surface area (Å²) in [5, 5.41) is 3.93. The zero-order valence-corrected chi connectivity index (χ0v) is 12.1. The van der Waals surface area contributed by atoms with Gasteiger partial charge in [0.1, 0.15) is 0 Å². The second-order valence-corrected chi connectivity index (χ2v) is 5.84. The second kappa shape index (κ2) is 9.94. The predicted octanol–water partition coefficient (Wildman–Crippen LogP) is 5.05. The van der Waals surface area contributed by atoms with Crippen molar-refractivity contribution in [2.75, 3.05) is 0 Å². The summed E-state index contributed by atoms with van der Waals surface area (Å²) in [6, 6.07) is 1.64. The summed E-state index contributed by atoms with van der Waals surface area (Å²) in [5.74, 6) is 0. The van der Waals surface area contributed by atoms with Crippen molar-refractivity contribution < 1.29 is 0 Å². The predicted molar refractivity (Wildman–Crippen MR) is 77.5 cm³/mol. The van der Waals surface area contributed by atoms with Gasteiger partial charge in [-0.2, -0.15) is 0 Å². The quantitative estimate of drug-likeness (QED) is 0.555. The smallest absolute Gasteiger partial charge is 0.00696 e. The number of unbranched alkanes of at least 4 members (excludes halogenated alkanes) is 3. The van der Waals surface area contributed by atoms with Crippen LogP contribution in [0.4, 0.5) is 0 Å². The first-order valence-electron chi connectivity index (χ1n) is 8.12. The van der Waals surface area contributed by atoms with Crippen LogP contribution in [0.1, 0.15) is 90.9 Å². The number of nitrogens with one attached hydrogen (secondary N) is 1. The third kappa shape index (κ3) is 7.08. The Morgan fingerprint density at radius 3 is 2.29 bits per heavy atom. The minimum atomic E-state index is 0.806. The Bertz CT molecular complexity index is 161. The molecule has 0 aliphatic heterocycles. The average Bonchev–Trinajstić information content (AvgIpc) is 2.36. The van der Waals surface area contributed by atoms with E-state index >= 15 is 0 Å². The van der Waals surface area contributed by atoms with Gasteiger partial charge in [0.05, 0.1) is 0 Å². The fraction of sp³-hybridized carbons (Fsp3) is 1.00. The van der Waals surface area contributed by atoms with Gasteiger partial charge < -0.3 is 5.32 Å². The molecule has 102 valence electrons. The van der Waals surface area contributed by atoms with Crippen molar-refractivity contribution in [2.45, 2.75) is 103 Å². The molecule has 0 heterocycles. The lowest BCUT2D eigenvalue weighted by Gasteiger charge is -2.28. The summed E-state index contributed by atoms with van der Waals surface area (Å²) < 4.78 is 0. The molecular formula is C16H33N. The van der Waals surface area contributed by atoms with E-state index in [4.69, 9.17) is 0 Å². The molecule has 1 aliphatic rings. The molecule has 1 nitrogen and oxygen atoms in total. The van der Waals surface area contributed by atoms with E-state index in [0.29, 0.717) is 0 Å². The van der Waals surface area contributed by atoms with Crippen LogP contribution in [0.15, 0.2) is 0 Å². The average molecular weight is 239 g/mol. The highest BCUT2D eigenvalue weighted by molar-refractivity contribution is 4.77. The molecule has 0 saturated heterocycles. The Hall–Kier alpha value is -0.0400. The summed E-state index contributed by atoms with van der Waals surface area (Å²) in [6.07, 6.45) is 17.0. The van der Waals surface area contributed by atoms with Gasteiger partial charge in [-0.05, 0) is 25.7 Å². The van der Waals surface area contributed by atoms with Gasteiger partial charge in [-0.25, -0.2) is 0 Å². The fourth-order valence-electron chi connectivity index (χ4n) is 3.08. The highest BCUT2D eigenvalue weighted by atomic mass is 14.9. The van der Waals surface area contributed by atoms with Crippen molar-refractivity contribution in [3.8, 4) is 0 Å². The van der Waals surface area contributed by atoms with Crippen LogP contribution in [0.2, 0.25) is 0 Å².